The Bertz CT molecular complexity index is 770. The first-order valence-corrected chi connectivity index (χ1v) is 9.75. The number of urea groups is 1. The van der Waals surface area contributed by atoms with Crippen molar-refractivity contribution in [3.8, 4) is 11.4 Å². The molecule has 3 atom stereocenters. The van der Waals surface area contributed by atoms with E-state index in [1.807, 2.05) is 39.0 Å². The number of nitrogens with zero attached hydrogens (tertiary/aromatic N) is 3. The Morgan fingerprint density at radius 3 is 2.74 bits per heavy atom. The Balaban J connectivity index is 1.69. The fourth-order valence-corrected chi connectivity index (χ4v) is 3.11. The van der Waals surface area contributed by atoms with Crippen LogP contribution in [0.4, 0.5) is 4.79 Å². The van der Waals surface area contributed by atoms with Crippen molar-refractivity contribution in [1.82, 2.24) is 20.4 Å². The normalized spacial score (nSPS) is 18.9. The average molecular weight is 388 g/mol. The minimum Gasteiger partial charge on any atom is -0.376 e. The number of hydrogen-bond acceptors (Lipinski definition) is 5. The molecule has 9 heteroatoms. The number of rotatable bonds is 6. The van der Waals surface area contributed by atoms with Crippen LogP contribution in [0.1, 0.15) is 31.2 Å². The quantitative estimate of drug-likeness (QED) is 0.603. The van der Waals surface area contributed by atoms with Crippen LogP contribution >= 0.6 is 9.24 Å². The van der Waals surface area contributed by atoms with Crippen LogP contribution in [-0.4, -0.2) is 55.2 Å². The van der Waals surface area contributed by atoms with E-state index in [1.165, 1.54) is 0 Å². The molecule has 1 N–H and O–H groups in total. The van der Waals surface area contributed by atoms with Crippen molar-refractivity contribution >= 4 is 23.1 Å². The smallest absolute Gasteiger partial charge is 0.317 e. The molecule has 1 aromatic carbocycles. The molecule has 1 fully saturated rings. The first kappa shape index (κ1) is 19.8. The van der Waals surface area contributed by atoms with Gasteiger partial charge in [-0.3, -0.25) is 0 Å². The van der Waals surface area contributed by atoms with Gasteiger partial charge in [0.2, 0.25) is 11.7 Å². The summed E-state index contributed by atoms with van der Waals surface area (Å²) in [5, 5.41) is 6.51. The first-order valence-electron chi connectivity index (χ1n) is 9.17. The molecule has 1 aromatic heterocycles. The van der Waals surface area contributed by atoms with Gasteiger partial charge in [-0.25, -0.2) is 4.79 Å². The highest BCUT2D eigenvalue weighted by atomic mass is 31.0. The summed E-state index contributed by atoms with van der Waals surface area (Å²) in [5.41, 5.74) is 1.92. The maximum Gasteiger partial charge on any atom is 0.317 e. The molecule has 7 nitrogen and oxygen atoms in total. The van der Waals surface area contributed by atoms with Crippen molar-refractivity contribution in [2.45, 2.75) is 37.5 Å². The van der Waals surface area contributed by atoms with Crippen LogP contribution in [0.5, 0.6) is 0 Å². The Labute approximate surface area is 162 Å². The standard InChI is InChI=1S/C18H26BN4O3P/c1-18(19,27)16-21-15(22-26-16)13-7-5-12(6-8-13)10-23(17(24)20-2)11-14-4-3-9-25-14/h5-8,14H,3-4,9-11,19,27H2,1-2H3,(H,20,24). The van der Waals surface area contributed by atoms with Crippen molar-refractivity contribution in [2.75, 3.05) is 20.2 Å². The topological polar surface area (TPSA) is 80.5 Å². The monoisotopic (exact) mass is 388 g/mol. The first-order chi connectivity index (χ1) is 12.9. The lowest BCUT2D eigenvalue weighted by Gasteiger charge is -2.25. The van der Waals surface area contributed by atoms with Gasteiger partial charge < -0.3 is 19.5 Å². The zero-order valence-electron chi connectivity index (χ0n) is 16.1. The van der Waals surface area contributed by atoms with E-state index < -0.39 is 0 Å². The summed E-state index contributed by atoms with van der Waals surface area (Å²) < 4.78 is 11.0. The Kier molecular flexibility index (Phi) is 6.17. The van der Waals surface area contributed by atoms with Crippen molar-refractivity contribution in [3.63, 3.8) is 0 Å². The molecule has 0 spiro atoms. The van der Waals surface area contributed by atoms with Crippen LogP contribution in [0, 0.1) is 0 Å². The molecular weight excluding hydrogens is 362 g/mol. The maximum absolute atomic E-state index is 12.2. The second kappa shape index (κ2) is 8.40. The zero-order chi connectivity index (χ0) is 19.4. The number of amides is 2. The molecule has 0 aliphatic carbocycles. The minimum atomic E-state index is -0.262. The van der Waals surface area contributed by atoms with E-state index in [1.54, 1.807) is 11.9 Å². The average Bonchev–Trinajstić information content (AvgIpc) is 3.32. The second-order valence-electron chi connectivity index (χ2n) is 7.41. The number of benzene rings is 1. The van der Waals surface area contributed by atoms with Gasteiger partial charge in [-0.15, -0.1) is 9.24 Å². The Hall–Kier alpha value is -1.92. The lowest BCUT2D eigenvalue weighted by atomic mass is 9.88. The molecule has 1 aliphatic rings. The largest absolute Gasteiger partial charge is 0.376 e. The molecule has 0 bridgehead atoms. The van der Waals surface area contributed by atoms with Crippen LogP contribution < -0.4 is 5.32 Å². The predicted octanol–water partition coefficient (Wildman–Crippen LogP) is 1.74. The summed E-state index contributed by atoms with van der Waals surface area (Å²) in [5.74, 6) is 1.14. The fourth-order valence-electron chi connectivity index (χ4n) is 2.99. The third kappa shape index (κ3) is 5.08. The minimum absolute atomic E-state index is 0.0972. The van der Waals surface area contributed by atoms with Gasteiger partial charge in [0.15, 0.2) is 0 Å². The Morgan fingerprint density at radius 2 is 2.19 bits per heavy atom. The van der Waals surface area contributed by atoms with E-state index in [0.717, 1.165) is 30.6 Å². The van der Waals surface area contributed by atoms with Gasteiger partial charge in [0.1, 0.15) is 7.85 Å². The highest BCUT2D eigenvalue weighted by Gasteiger charge is 2.23. The predicted molar refractivity (Wildman–Crippen MR) is 109 cm³/mol. The van der Waals surface area contributed by atoms with Crippen molar-refractivity contribution in [3.05, 3.63) is 35.7 Å². The van der Waals surface area contributed by atoms with Gasteiger partial charge in [0.25, 0.3) is 0 Å². The molecule has 0 radical (unpaired) electrons. The summed E-state index contributed by atoms with van der Waals surface area (Å²) in [4.78, 5) is 18.5. The summed E-state index contributed by atoms with van der Waals surface area (Å²) in [7, 11) is 6.34. The summed E-state index contributed by atoms with van der Waals surface area (Å²) in [6.45, 7) is 3.90. The van der Waals surface area contributed by atoms with Crippen LogP contribution in [0.25, 0.3) is 11.4 Å². The van der Waals surface area contributed by atoms with Crippen molar-refractivity contribution in [2.24, 2.45) is 0 Å². The molecule has 1 aliphatic heterocycles. The fraction of sp³-hybridized carbons (Fsp3) is 0.500. The van der Waals surface area contributed by atoms with Crippen molar-refractivity contribution < 1.29 is 14.1 Å². The third-order valence-corrected chi connectivity index (χ3v) is 4.76. The lowest BCUT2D eigenvalue weighted by molar-refractivity contribution is 0.0798. The molecular formula is C18H26BN4O3P. The van der Waals surface area contributed by atoms with Gasteiger partial charge in [-0.2, -0.15) is 4.98 Å². The van der Waals surface area contributed by atoms with Gasteiger partial charge in [0.05, 0.1) is 6.10 Å². The van der Waals surface area contributed by atoms with Crippen LogP contribution in [0.15, 0.2) is 28.8 Å². The van der Waals surface area contributed by atoms with Gasteiger partial charge in [0, 0.05) is 37.4 Å². The number of carbonyl (C=O) groups excluding carboxylic acids is 1. The third-order valence-electron chi connectivity index (χ3n) is 4.51. The highest BCUT2D eigenvalue weighted by Crippen LogP contribution is 2.27. The number of aromatic nitrogens is 2. The van der Waals surface area contributed by atoms with Crippen molar-refractivity contribution in [1.29, 1.82) is 0 Å². The molecule has 2 amide bonds. The van der Waals surface area contributed by atoms with Gasteiger partial charge in [-0.1, -0.05) is 36.3 Å². The van der Waals surface area contributed by atoms with Gasteiger partial charge >= 0.3 is 6.03 Å². The van der Waals surface area contributed by atoms with E-state index in [-0.39, 0.29) is 17.2 Å². The van der Waals surface area contributed by atoms with E-state index >= 15 is 0 Å². The highest BCUT2D eigenvalue weighted by molar-refractivity contribution is 7.21. The van der Waals surface area contributed by atoms with E-state index in [0.29, 0.717) is 24.8 Å². The molecule has 1 saturated heterocycles. The Morgan fingerprint density at radius 1 is 1.44 bits per heavy atom. The SMILES string of the molecule is BC(C)(P)c1nc(-c2ccc(CN(CC3CCCO3)C(=O)NC)cc2)no1. The maximum atomic E-state index is 12.2. The number of hydrogen-bond donors (Lipinski definition) is 1. The zero-order valence-corrected chi connectivity index (χ0v) is 17.2. The molecule has 27 heavy (non-hydrogen) atoms. The molecule has 2 aromatic rings. The van der Waals surface area contributed by atoms with Gasteiger partial charge in [-0.05, 0) is 18.4 Å². The summed E-state index contributed by atoms with van der Waals surface area (Å²) in [6.07, 6.45) is 2.17. The molecule has 144 valence electrons. The molecule has 0 saturated carbocycles. The number of carbonyl (C=O) groups is 1. The molecule has 2 heterocycles. The summed E-state index contributed by atoms with van der Waals surface area (Å²) >= 11 is 0. The van der Waals surface area contributed by atoms with E-state index in [9.17, 15) is 4.79 Å². The van der Waals surface area contributed by atoms with Crippen LogP contribution in [-0.2, 0) is 16.3 Å². The van der Waals surface area contributed by atoms with Crippen LogP contribution in [0.2, 0.25) is 0 Å². The lowest BCUT2D eigenvalue weighted by Crippen LogP contribution is -2.41. The number of ether oxygens (including phenoxy) is 1. The van der Waals surface area contributed by atoms with E-state index in [4.69, 9.17) is 9.26 Å². The van der Waals surface area contributed by atoms with Crippen LogP contribution in [0.3, 0.4) is 0 Å². The molecule has 3 rings (SSSR count). The van der Waals surface area contributed by atoms with E-state index in [2.05, 4.69) is 24.7 Å². The second-order valence-corrected chi connectivity index (χ2v) is 8.86. The number of nitrogens with one attached hydrogen (secondary N) is 1. The summed E-state index contributed by atoms with van der Waals surface area (Å²) in [6, 6.07) is 7.78. The molecule has 3 unspecified atom stereocenters.